The van der Waals surface area contributed by atoms with Crippen LogP contribution in [0.25, 0.3) is 0 Å². The third-order valence-electron chi connectivity index (χ3n) is 3.57. The molecule has 1 aromatic carbocycles. The molecule has 0 aliphatic carbocycles. The maximum atomic E-state index is 13.9. The second-order valence-electron chi connectivity index (χ2n) is 5.19. The van der Waals surface area contributed by atoms with Gasteiger partial charge in [0.15, 0.2) is 11.6 Å². The van der Waals surface area contributed by atoms with E-state index in [1.807, 2.05) is 13.8 Å². The lowest BCUT2D eigenvalue weighted by Gasteiger charge is -2.34. The van der Waals surface area contributed by atoms with Crippen molar-refractivity contribution in [3.8, 4) is 0 Å². The molecular formula is C15H22F2N2O. The summed E-state index contributed by atoms with van der Waals surface area (Å²) < 4.78 is 32.8. The molecule has 0 saturated carbocycles. The Morgan fingerprint density at radius 1 is 1.45 bits per heavy atom. The average molecular weight is 284 g/mol. The monoisotopic (exact) mass is 284 g/mol. The van der Waals surface area contributed by atoms with Gasteiger partial charge in [-0.2, -0.15) is 0 Å². The van der Waals surface area contributed by atoms with E-state index in [2.05, 4.69) is 10.2 Å². The molecule has 1 saturated heterocycles. The smallest absolute Gasteiger partial charge is 0.163 e. The number of nitrogens with one attached hydrogen (secondary N) is 1. The minimum Gasteiger partial charge on any atom is -0.376 e. The number of halogens is 2. The summed E-state index contributed by atoms with van der Waals surface area (Å²) in [7, 11) is 0. The van der Waals surface area contributed by atoms with E-state index in [1.54, 1.807) is 12.1 Å². The number of benzene rings is 1. The van der Waals surface area contributed by atoms with Crippen LogP contribution in [0.4, 0.5) is 8.78 Å². The lowest BCUT2D eigenvalue weighted by Crippen LogP contribution is -2.45. The Morgan fingerprint density at radius 3 is 2.95 bits per heavy atom. The molecule has 20 heavy (non-hydrogen) atoms. The van der Waals surface area contributed by atoms with Crippen molar-refractivity contribution in [1.29, 1.82) is 0 Å². The van der Waals surface area contributed by atoms with Crippen LogP contribution < -0.4 is 5.32 Å². The maximum absolute atomic E-state index is 13.9. The Hall–Kier alpha value is -1.04. The number of likely N-dealkylation sites (N-methyl/N-ethyl adjacent to an activating group) is 1. The third kappa shape index (κ3) is 3.75. The molecule has 2 rings (SSSR count). The summed E-state index contributed by atoms with van der Waals surface area (Å²) in [6.07, 6.45) is 0.184. The predicted octanol–water partition coefficient (Wildman–Crippen LogP) is 2.34. The quantitative estimate of drug-likeness (QED) is 0.898. The molecule has 1 aromatic rings. The van der Waals surface area contributed by atoms with Crippen LogP contribution in [0.15, 0.2) is 18.2 Å². The minimum atomic E-state index is -0.791. The molecule has 2 atom stereocenters. The Morgan fingerprint density at radius 2 is 2.25 bits per heavy atom. The van der Waals surface area contributed by atoms with Gasteiger partial charge in [-0.05, 0) is 19.5 Å². The van der Waals surface area contributed by atoms with Crippen molar-refractivity contribution in [1.82, 2.24) is 10.2 Å². The fourth-order valence-electron chi connectivity index (χ4n) is 2.62. The van der Waals surface area contributed by atoms with Crippen molar-refractivity contribution in [2.24, 2.45) is 0 Å². The Labute approximate surface area is 118 Å². The summed E-state index contributed by atoms with van der Waals surface area (Å²) in [5, 5.41) is 3.24. The minimum absolute atomic E-state index is 0.184. The van der Waals surface area contributed by atoms with E-state index in [0.29, 0.717) is 25.3 Å². The van der Waals surface area contributed by atoms with Gasteiger partial charge in [-0.25, -0.2) is 8.78 Å². The molecule has 1 N–H and O–H groups in total. The van der Waals surface area contributed by atoms with Crippen LogP contribution in [0.3, 0.4) is 0 Å². The molecule has 1 heterocycles. The second kappa shape index (κ2) is 7.11. The number of hydrogen-bond donors (Lipinski definition) is 1. The molecule has 1 aliphatic rings. The van der Waals surface area contributed by atoms with E-state index in [9.17, 15) is 8.78 Å². The van der Waals surface area contributed by atoms with Gasteiger partial charge in [0.2, 0.25) is 0 Å². The lowest BCUT2D eigenvalue weighted by molar-refractivity contribution is -0.0211. The van der Waals surface area contributed by atoms with Crippen LogP contribution in [0, 0.1) is 11.6 Å². The van der Waals surface area contributed by atoms with Crippen molar-refractivity contribution in [2.45, 2.75) is 26.0 Å². The largest absolute Gasteiger partial charge is 0.376 e. The zero-order valence-electron chi connectivity index (χ0n) is 12.0. The predicted molar refractivity (Wildman–Crippen MR) is 74.6 cm³/mol. The second-order valence-corrected chi connectivity index (χ2v) is 5.19. The van der Waals surface area contributed by atoms with Crippen LogP contribution in [-0.4, -0.2) is 43.8 Å². The van der Waals surface area contributed by atoms with E-state index in [1.165, 1.54) is 0 Å². The third-order valence-corrected chi connectivity index (χ3v) is 3.57. The van der Waals surface area contributed by atoms with E-state index in [4.69, 9.17) is 4.74 Å². The summed E-state index contributed by atoms with van der Waals surface area (Å²) in [4.78, 5) is 2.23. The Bertz CT molecular complexity index is 442. The van der Waals surface area contributed by atoms with Crippen molar-refractivity contribution >= 4 is 0 Å². The number of hydrogen-bond acceptors (Lipinski definition) is 3. The highest BCUT2D eigenvalue weighted by Crippen LogP contribution is 2.21. The van der Waals surface area contributed by atoms with Crippen molar-refractivity contribution in [2.75, 3.05) is 32.8 Å². The molecular weight excluding hydrogens is 262 g/mol. The fourth-order valence-corrected chi connectivity index (χ4v) is 2.62. The summed E-state index contributed by atoms with van der Waals surface area (Å²) in [6.45, 7) is 7.68. The molecule has 112 valence electrons. The van der Waals surface area contributed by atoms with Crippen molar-refractivity contribution in [3.63, 3.8) is 0 Å². The first-order valence-electron chi connectivity index (χ1n) is 7.13. The highest BCUT2D eigenvalue weighted by Gasteiger charge is 2.23. The van der Waals surface area contributed by atoms with Gasteiger partial charge in [0.1, 0.15) is 0 Å². The topological polar surface area (TPSA) is 24.5 Å². The number of nitrogens with zero attached hydrogens (tertiary/aromatic N) is 1. The van der Waals surface area contributed by atoms with Gasteiger partial charge in [-0.1, -0.05) is 19.1 Å². The maximum Gasteiger partial charge on any atom is 0.163 e. The summed E-state index contributed by atoms with van der Waals surface area (Å²) >= 11 is 0. The first-order valence-corrected chi connectivity index (χ1v) is 7.13. The zero-order chi connectivity index (χ0) is 14.5. The number of morpholine rings is 1. The molecule has 2 unspecified atom stereocenters. The molecule has 5 heteroatoms. The standard InChI is InChI=1S/C15H22F2N2O/c1-3-18-14(10-19-7-8-20-11(2)9-19)12-5-4-6-13(16)15(12)17/h4-6,11,14,18H,3,7-10H2,1-2H3. The molecule has 0 spiro atoms. The molecule has 1 fully saturated rings. The van der Waals surface area contributed by atoms with Gasteiger partial charge in [0.05, 0.1) is 12.7 Å². The van der Waals surface area contributed by atoms with E-state index in [-0.39, 0.29) is 12.1 Å². The van der Waals surface area contributed by atoms with Gasteiger partial charge in [-0.15, -0.1) is 0 Å². The molecule has 0 aromatic heterocycles. The Kier molecular flexibility index (Phi) is 5.46. The van der Waals surface area contributed by atoms with Crippen LogP contribution in [0.5, 0.6) is 0 Å². The van der Waals surface area contributed by atoms with Gasteiger partial charge in [0, 0.05) is 31.2 Å². The fraction of sp³-hybridized carbons (Fsp3) is 0.600. The average Bonchev–Trinajstić information content (AvgIpc) is 2.42. The molecule has 1 aliphatic heterocycles. The molecule has 0 amide bonds. The van der Waals surface area contributed by atoms with Crippen molar-refractivity contribution < 1.29 is 13.5 Å². The molecule has 3 nitrogen and oxygen atoms in total. The van der Waals surface area contributed by atoms with Gasteiger partial charge in [0.25, 0.3) is 0 Å². The molecule has 0 bridgehead atoms. The van der Waals surface area contributed by atoms with Crippen LogP contribution >= 0.6 is 0 Å². The van der Waals surface area contributed by atoms with Crippen LogP contribution in [0.1, 0.15) is 25.5 Å². The summed E-state index contributed by atoms with van der Waals surface area (Å²) in [6, 6.07) is 4.15. The van der Waals surface area contributed by atoms with E-state index in [0.717, 1.165) is 19.2 Å². The van der Waals surface area contributed by atoms with Crippen molar-refractivity contribution in [3.05, 3.63) is 35.4 Å². The van der Waals surface area contributed by atoms with E-state index < -0.39 is 11.6 Å². The van der Waals surface area contributed by atoms with Gasteiger partial charge < -0.3 is 10.1 Å². The number of ether oxygens (including phenoxy) is 1. The van der Waals surface area contributed by atoms with Gasteiger partial charge >= 0.3 is 0 Å². The highest BCUT2D eigenvalue weighted by atomic mass is 19.2. The first-order chi connectivity index (χ1) is 9.61. The van der Waals surface area contributed by atoms with E-state index >= 15 is 0 Å². The first kappa shape index (κ1) is 15.4. The van der Waals surface area contributed by atoms with Crippen LogP contribution in [0.2, 0.25) is 0 Å². The summed E-state index contributed by atoms with van der Waals surface area (Å²) in [5.74, 6) is -1.54. The summed E-state index contributed by atoms with van der Waals surface area (Å²) in [5.41, 5.74) is 0.394. The highest BCUT2D eigenvalue weighted by molar-refractivity contribution is 5.23. The lowest BCUT2D eigenvalue weighted by atomic mass is 10.0. The Balaban J connectivity index is 2.12. The SMILES string of the molecule is CCNC(CN1CCOC(C)C1)c1cccc(F)c1F. The van der Waals surface area contributed by atoms with Crippen LogP contribution in [-0.2, 0) is 4.74 Å². The zero-order valence-corrected chi connectivity index (χ0v) is 12.0. The van der Waals surface area contributed by atoms with Gasteiger partial charge in [-0.3, -0.25) is 4.90 Å². The molecule has 0 radical (unpaired) electrons. The normalized spacial score (nSPS) is 21.9. The number of rotatable bonds is 5.